The number of nitrogens with zero attached hydrogens (tertiary/aromatic N) is 2. The van der Waals surface area contributed by atoms with Crippen molar-refractivity contribution < 1.29 is 14.1 Å². The summed E-state index contributed by atoms with van der Waals surface area (Å²) in [6.45, 7) is 2.01. The maximum Gasteiger partial charge on any atom is 0.316 e. The fourth-order valence-electron chi connectivity index (χ4n) is 1.27. The lowest BCUT2D eigenvalue weighted by atomic mass is 10.1. The van der Waals surface area contributed by atoms with E-state index in [0.29, 0.717) is 11.0 Å². The molecule has 0 aliphatic rings. The summed E-state index contributed by atoms with van der Waals surface area (Å²) in [5, 5.41) is 4.22. The summed E-state index contributed by atoms with van der Waals surface area (Å²) in [5.74, 6) is 0.351. The number of hydrogen-bond acceptors (Lipinski definition) is 6. The van der Waals surface area contributed by atoms with Crippen LogP contribution in [-0.4, -0.2) is 29.0 Å². The van der Waals surface area contributed by atoms with Crippen molar-refractivity contribution in [1.82, 2.24) is 10.1 Å². The zero-order chi connectivity index (χ0) is 13.0. The zero-order valence-corrected chi connectivity index (χ0v) is 10.9. The van der Waals surface area contributed by atoms with Gasteiger partial charge in [-0.25, -0.2) is 0 Å². The summed E-state index contributed by atoms with van der Waals surface area (Å²) < 4.78 is 9.57. The Bertz CT molecular complexity index is 537. The monoisotopic (exact) mass is 264 g/mol. The summed E-state index contributed by atoms with van der Waals surface area (Å²) >= 11 is 1.16. The molecular formula is C12H12N2O3S. The topological polar surface area (TPSA) is 65.2 Å². The minimum absolute atomic E-state index is 0.159. The molecule has 0 unspecified atom stereocenters. The fourth-order valence-corrected chi connectivity index (χ4v) is 1.87. The van der Waals surface area contributed by atoms with Crippen molar-refractivity contribution in [2.45, 2.75) is 12.1 Å². The Kier molecular flexibility index (Phi) is 3.99. The van der Waals surface area contributed by atoms with Gasteiger partial charge < -0.3 is 9.26 Å². The second-order valence-electron chi connectivity index (χ2n) is 3.61. The minimum Gasteiger partial charge on any atom is -0.468 e. The van der Waals surface area contributed by atoms with Crippen LogP contribution in [0.15, 0.2) is 34.0 Å². The predicted molar refractivity (Wildman–Crippen MR) is 67.2 cm³/mol. The number of carbonyl (C=O) groups is 1. The molecule has 0 aliphatic carbocycles. The van der Waals surface area contributed by atoms with E-state index in [1.165, 1.54) is 12.7 Å². The number of methoxy groups -OCH3 is 1. The van der Waals surface area contributed by atoms with Gasteiger partial charge in [0, 0.05) is 5.56 Å². The van der Waals surface area contributed by atoms with Crippen molar-refractivity contribution in [3.63, 3.8) is 0 Å². The van der Waals surface area contributed by atoms with E-state index in [1.807, 2.05) is 31.2 Å². The van der Waals surface area contributed by atoms with E-state index >= 15 is 0 Å². The van der Waals surface area contributed by atoms with Crippen LogP contribution in [0.25, 0.3) is 11.4 Å². The molecule has 0 saturated carbocycles. The lowest BCUT2D eigenvalue weighted by Crippen LogP contribution is -2.02. The molecule has 0 atom stereocenters. The molecule has 2 aromatic rings. The number of ether oxygens (including phenoxy) is 1. The molecule has 0 spiro atoms. The van der Waals surface area contributed by atoms with Crippen LogP contribution in [0.1, 0.15) is 5.56 Å². The van der Waals surface area contributed by atoms with Gasteiger partial charge in [-0.3, -0.25) is 4.79 Å². The van der Waals surface area contributed by atoms with Gasteiger partial charge >= 0.3 is 5.97 Å². The Morgan fingerprint density at radius 2 is 2.11 bits per heavy atom. The molecule has 0 aliphatic heterocycles. The summed E-state index contributed by atoms with van der Waals surface area (Å²) in [6.07, 6.45) is 0. The zero-order valence-electron chi connectivity index (χ0n) is 10.0. The van der Waals surface area contributed by atoms with Crippen LogP contribution in [0.5, 0.6) is 0 Å². The predicted octanol–water partition coefficient (Wildman–Crippen LogP) is 2.31. The van der Waals surface area contributed by atoms with Crippen molar-refractivity contribution in [3.05, 3.63) is 29.8 Å². The number of aromatic nitrogens is 2. The van der Waals surface area contributed by atoms with Gasteiger partial charge in [0.25, 0.3) is 5.22 Å². The van der Waals surface area contributed by atoms with Crippen LogP contribution in [0.4, 0.5) is 0 Å². The van der Waals surface area contributed by atoms with Gasteiger partial charge in [-0.2, -0.15) is 4.98 Å². The Labute approximate surface area is 109 Å². The van der Waals surface area contributed by atoms with Crippen molar-refractivity contribution >= 4 is 17.7 Å². The van der Waals surface area contributed by atoms with Gasteiger partial charge in [-0.15, -0.1) is 0 Å². The normalized spacial score (nSPS) is 10.3. The molecular weight excluding hydrogens is 252 g/mol. The average molecular weight is 264 g/mol. The Morgan fingerprint density at radius 3 is 2.78 bits per heavy atom. The third-order valence-corrected chi connectivity index (χ3v) is 3.05. The van der Waals surface area contributed by atoms with Crippen LogP contribution in [0, 0.1) is 6.92 Å². The molecule has 5 nitrogen and oxygen atoms in total. The van der Waals surface area contributed by atoms with E-state index in [0.717, 1.165) is 17.3 Å². The first-order valence-corrected chi connectivity index (χ1v) is 6.28. The van der Waals surface area contributed by atoms with Crippen molar-refractivity contribution in [2.24, 2.45) is 0 Å². The molecule has 1 aromatic heterocycles. The highest BCUT2D eigenvalue weighted by molar-refractivity contribution is 7.99. The number of thioether (sulfide) groups is 1. The van der Waals surface area contributed by atoms with E-state index in [1.54, 1.807) is 0 Å². The number of hydrogen-bond donors (Lipinski definition) is 0. The SMILES string of the molecule is COC(=O)CSc1nc(-c2ccc(C)cc2)no1. The second kappa shape index (κ2) is 5.68. The van der Waals surface area contributed by atoms with E-state index < -0.39 is 0 Å². The first kappa shape index (κ1) is 12.6. The highest BCUT2D eigenvalue weighted by atomic mass is 32.2. The Morgan fingerprint density at radius 1 is 1.39 bits per heavy atom. The number of carbonyl (C=O) groups excluding carboxylic acids is 1. The van der Waals surface area contributed by atoms with E-state index in [-0.39, 0.29) is 11.7 Å². The molecule has 0 fully saturated rings. The summed E-state index contributed by atoms with van der Waals surface area (Å²) in [7, 11) is 1.34. The summed E-state index contributed by atoms with van der Waals surface area (Å²) in [6, 6.07) is 7.81. The molecule has 0 bridgehead atoms. The first-order chi connectivity index (χ1) is 8.69. The van der Waals surface area contributed by atoms with Crippen LogP contribution in [0.2, 0.25) is 0 Å². The quantitative estimate of drug-likeness (QED) is 0.623. The minimum atomic E-state index is -0.324. The van der Waals surface area contributed by atoms with E-state index in [4.69, 9.17) is 4.52 Å². The molecule has 6 heteroatoms. The molecule has 1 aromatic carbocycles. The van der Waals surface area contributed by atoms with Gasteiger partial charge in [-0.1, -0.05) is 46.7 Å². The van der Waals surface area contributed by atoms with Gasteiger partial charge in [0.2, 0.25) is 5.82 Å². The van der Waals surface area contributed by atoms with E-state index in [9.17, 15) is 4.79 Å². The van der Waals surface area contributed by atoms with Gasteiger partial charge in [-0.05, 0) is 6.92 Å². The summed E-state index contributed by atoms with van der Waals surface area (Å²) in [5.41, 5.74) is 2.05. The number of aryl methyl sites for hydroxylation is 1. The maximum atomic E-state index is 11.0. The Hall–Kier alpha value is -1.82. The largest absolute Gasteiger partial charge is 0.468 e. The van der Waals surface area contributed by atoms with Crippen molar-refractivity contribution in [1.29, 1.82) is 0 Å². The molecule has 18 heavy (non-hydrogen) atoms. The molecule has 94 valence electrons. The van der Waals surface area contributed by atoms with Crippen molar-refractivity contribution in [2.75, 3.05) is 12.9 Å². The second-order valence-corrected chi connectivity index (χ2v) is 4.54. The number of esters is 1. The summed E-state index contributed by atoms with van der Waals surface area (Å²) in [4.78, 5) is 15.2. The molecule has 0 amide bonds. The molecule has 0 saturated heterocycles. The fraction of sp³-hybridized carbons (Fsp3) is 0.250. The highest BCUT2D eigenvalue weighted by Crippen LogP contribution is 2.21. The smallest absolute Gasteiger partial charge is 0.316 e. The van der Waals surface area contributed by atoms with Crippen LogP contribution >= 0.6 is 11.8 Å². The maximum absolute atomic E-state index is 11.0. The van der Waals surface area contributed by atoms with Crippen molar-refractivity contribution in [3.8, 4) is 11.4 Å². The van der Waals surface area contributed by atoms with Crippen LogP contribution in [0.3, 0.4) is 0 Å². The number of benzene rings is 1. The van der Waals surface area contributed by atoms with Crippen LogP contribution < -0.4 is 0 Å². The average Bonchev–Trinajstić information content (AvgIpc) is 2.85. The van der Waals surface area contributed by atoms with Gasteiger partial charge in [0.15, 0.2) is 0 Å². The molecule has 0 N–H and O–H groups in total. The van der Waals surface area contributed by atoms with E-state index in [2.05, 4.69) is 14.9 Å². The molecule has 1 heterocycles. The van der Waals surface area contributed by atoms with Gasteiger partial charge in [0.1, 0.15) is 5.75 Å². The third kappa shape index (κ3) is 3.10. The van der Waals surface area contributed by atoms with Crippen LogP contribution in [-0.2, 0) is 9.53 Å². The van der Waals surface area contributed by atoms with Gasteiger partial charge in [0.05, 0.1) is 7.11 Å². The standard InChI is InChI=1S/C12H12N2O3S/c1-8-3-5-9(6-4-8)11-13-12(17-14-11)18-7-10(15)16-2/h3-6H,7H2,1-2H3. The molecule has 0 radical (unpaired) electrons. The Balaban J connectivity index is 2.06. The highest BCUT2D eigenvalue weighted by Gasteiger charge is 2.11. The lowest BCUT2D eigenvalue weighted by molar-refractivity contribution is -0.137. The lowest BCUT2D eigenvalue weighted by Gasteiger charge is -1.95. The molecule has 2 rings (SSSR count). The third-order valence-electron chi connectivity index (χ3n) is 2.26. The number of rotatable bonds is 4. The first-order valence-electron chi connectivity index (χ1n) is 5.29.